The smallest absolute Gasteiger partial charge is 0.254 e. The van der Waals surface area contributed by atoms with Gasteiger partial charge in [0, 0.05) is 11.9 Å². The molecule has 0 bridgehead atoms. The highest BCUT2D eigenvalue weighted by atomic mass is 35.5. The van der Waals surface area contributed by atoms with Crippen molar-refractivity contribution in [2.24, 2.45) is 0 Å². The van der Waals surface area contributed by atoms with Gasteiger partial charge in [0.2, 0.25) is 0 Å². The number of nitrogens with one attached hydrogen (secondary N) is 1. The molecule has 21 heavy (non-hydrogen) atoms. The minimum atomic E-state index is -0.522. The van der Waals surface area contributed by atoms with Crippen LogP contribution < -0.4 is 5.32 Å². The van der Waals surface area contributed by atoms with Crippen molar-refractivity contribution in [2.45, 2.75) is 19.4 Å². The Bertz CT molecular complexity index is 615. The van der Waals surface area contributed by atoms with E-state index in [9.17, 15) is 9.18 Å². The zero-order valence-electron chi connectivity index (χ0n) is 11.8. The van der Waals surface area contributed by atoms with Gasteiger partial charge >= 0.3 is 0 Å². The number of hydrogen-bond donors (Lipinski definition) is 1. The van der Waals surface area contributed by atoms with Crippen LogP contribution in [-0.2, 0) is 6.42 Å². The highest BCUT2D eigenvalue weighted by Gasteiger charge is 2.16. The molecule has 0 aromatic heterocycles. The van der Waals surface area contributed by atoms with Crippen molar-refractivity contribution in [3.05, 3.63) is 71.0 Å². The molecule has 4 heteroatoms. The van der Waals surface area contributed by atoms with E-state index in [0.717, 1.165) is 11.1 Å². The van der Waals surface area contributed by atoms with Crippen LogP contribution in [-0.4, -0.2) is 17.8 Å². The van der Waals surface area contributed by atoms with Crippen molar-refractivity contribution in [2.75, 3.05) is 5.88 Å². The average Bonchev–Trinajstić information content (AvgIpc) is 2.50. The quantitative estimate of drug-likeness (QED) is 0.838. The van der Waals surface area contributed by atoms with Crippen molar-refractivity contribution in [1.29, 1.82) is 0 Å². The molecule has 0 saturated carbocycles. The number of carbonyl (C=O) groups is 1. The van der Waals surface area contributed by atoms with Crippen LogP contribution in [0.25, 0.3) is 0 Å². The lowest BCUT2D eigenvalue weighted by Crippen LogP contribution is -2.38. The van der Waals surface area contributed by atoms with Crippen LogP contribution in [0.2, 0.25) is 0 Å². The van der Waals surface area contributed by atoms with Crippen molar-refractivity contribution in [3.8, 4) is 0 Å². The largest absolute Gasteiger partial charge is 0.348 e. The number of hydrogen-bond acceptors (Lipinski definition) is 1. The van der Waals surface area contributed by atoms with E-state index >= 15 is 0 Å². The SMILES string of the molecule is Cc1ccc(F)c(C(=O)NC(CCl)Cc2ccccc2)c1. The van der Waals surface area contributed by atoms with Crippen molar-refractivity contribution in [1.82, 2.24) is 5.32 Å². The van der Waals surface area contributed by atoms with Crippen molar-refractivity contribution < 1.29 is 9.18 Å². The first-order valence-corrected chi connectivity index (χ1v) is 7.30. The predicted molar refractivity (Wildman–Crippen MR) is 83.3 cm³/mol. The Hall–Kier alpha value is -1.87. The first-order chi connectivity index (χ1) is 10.1. The Morgan fingerprint density at radius 3 is 2.62 bits per heavy atom. The summed E-state index contributed by atoms with van der Waals surface area (Å²) in [4.78, 5) is 12.2. The van der Waals surface area contributed by atoms with Crippen LogP contribution in [0.5, 0.6) is 0 Å². The molecule has 2 aromatic rings. The Morgan fingerprint density at radius 2 is 1.95 bits per heavy atom. The molecule has 0 heterocycles. The van der Waals surface area contributed by atoms with Gasteiger partial charge in [-0.15, -0.1) is 11.6 Å². The molecule has 0 saturated heterocycles. The molecule has 1 atom stereocenters. The molecule has 0 aliphatic rings. The molecule has 2 nitrogen and oxygen atoms in total. The fourth-order valence-electron chi connectivity index (χ4n) is 2.12. The molecule has 1 amide bonds. The van der Waals surface area contributed by atoms with Gasteiger partial charge in [0.25, 0.3) is 5.91 Å². The highest BCUT2D eigenvalue weighted by Crippen LogP contribution is 2.11. The van der Waals surface area contributed by atoms with Crippen LogP contribution >= 0.6 is 11.6 Å². The number of carbonyl (C=O) groups excluding carboxylic acids is 1. The van der Waals surface area contributed by atoms with E-state index in [4.69, 9.17) is 11.6 Å². The van der Waals surface area contributed by atoms with Crippen LogP contribution in [0.1, 0.15) is 21.5 Å². The van der Waals surface area contributed by atoms with Crippen LogP contribution in [0.4, 0.5) is 4.39 Å². The van der Waals surface area contributed by atoms with Crippen molar-refractivity contribution >= 4 is 17.5 Å². The maximum absolute atomic E-state index is 13.7. The standard InChI is InChI=1S/C17H17ClFNO/c1-12-7-8-16(19)15(9-12)17(21)20-14(11-18)10-13-5-3-2-4-6-13/h2-9,14H,10-11H2,1H3,(H,20,21). The summed E-state index contributed by atoms with van der Waals surface area (Å²) in [6, 6.07) is 14.0. The fraction of sp³-hybridized carbons (Fsp3) is 0.235. The Kier molecular flexibility index (Phi) is 5.34. The Balaban J connectivity index is 2.07. The number of halogens is 2. The second-order valence-corrected chi connectivity index (χ2v) is 5.31. The van der Waals surface area contributed by atoms with Gasteiger partial charge in [-0.2, -0.15) is 0 Å². The molecule has 2 aromatic carbocycles. The molecular formula is C17H17ClFNO. The summed E-state index contributed by atoms with van der Waals surface area (Å²) in [6.07, 6.45) is 0.615. The first-order valence-electron chi connectivity index (χ1n) is 6.77. The van der Waals surface area contributed by atoms with E-state index in [0.29, 0.717) is 6.42 Å². The summed E-state index contributed by atoms with van der Waals surface area (Å²) >= 11 is 5.91. The lowest BCUT2D eigenvalue weighted by molar-refractivity contribution is 0.0936. The van der Waals surface area contributed by atoms with E-state index in [1.807, 2.05) is 37.3 Å². The summed E-state index contributed by atoms with van der Waals surface area (Å²) in [5, 5.41) is 2.79. The van der Waals surface area contributed by atoms with Gasteiger partial charge in [-0.05, 0) is 31.0 Å². The van der Waals surface area contributed by atoms with Gasteiger partial charge in [0.1, 0.15) is 5.82 Å². The second-order valence-electron chi connectivity index (χ2n) is 5.00. The van der Waals surface area contributed by atoms with Crippen LogP contribution in [0.15, 0.2) is 48.5 Å². The maximum atomic E-state index is 13.7. The molecule has 1 unspecified atom stereocenters. The van der Waals surface area contributed by atoms with E-state index in [2.05, 4.69) is 5.32 Å². The number of aryl methyl sites for hydroxylation is 1. The maximum Gasteiger partial charge on any atom is 0.254 e. The van der Waals surface area contributed by atoms with E-state index in [1.54, 1.807) is 12.1 Å². The van der Waals surface area contributed by atoms with Gasteiger partial charge in [-0.25, -0.2) is 4.39 Å². The number of rotatable bonds is 5. The van der Waals surface area contributed by atoms with E-state index in [-0.39, 0.29) is 17.5 Å². The second kappa shape index (κ2) is 7.23. The van der Waals surface area contributed by atoms with Gasteiger partial charge in [0.15, 0.2) is 0 Å². The Morgan fingerprint density at radius 1 is 1.24 bits per heavy atom. The zero-order chi connectivity index (χ0) is 15.2. The lowest BCUT2D eigenvalue weighted by atomic mass is 10.1. The molecule has 0 radical (unpaired) electrons. The van der Waals surface area contributed by atoms with E-state index in [1.165, 1.54) is 6.07 Å². The molecule has 2 rings (SSSR count). The average molecular weight is 306 g/mol. The van der Waals surface area contributed by atoms with Crippen LogP contribution in [0, 0.1) is 12.7 Å². The predicted octanol–water partition coefficient (Wildman–Crippen LogP) is 3.71. The molecule has 0 aliphatic heterocycles. The van der Waals surface area contributed by atoms with Gasteiger partial charge in [-0.3, -0.25) is 4.79 Å². The Labute approximate surface area is 128 Å². The van der Waals surface area contributed by atoms with E-state index < -0.39 is 11.7 Å². The zero-order valence-corrected chi connectivity index (χ0v) is 12.5. The normalized spacial score (nSPS) is 12.0. The highest BCUT2D eigenvalue weighted by molar-refractivity contribution is 6.18. The molecule has 0 fully saturated rings. The van der Waals surface area contributed by atoms with Gasteiger partial charge < -0.3 is 5.32 Å². The molecule has 0 spiro atoms. The topological polar surface area (TPSA) is 29.1 Å². The van der Waals surface area contributed by atoms with Gasteiger partial charge in [-0.1, -0.05) is 42.0 Å². The third-order valence-electron chi connectivity index (χ3n) is 3.21. The number of benzene rings is 2. The summed E-state index contributed by atoms with van der Waals surface area (Å²) < 4.78 is 13.7. The molecule has 110 valence electrons. The summed E-state index contributed by atoms with van der Waals surface area (Å²) in [7, 11) is 0. The summed E-state index contributed by atoms with van der Waals surface area (Å²) in [5.74, 6) is -0.683. The first kappa shape index (κ1) is 15.5. The molecule has 1 N–H and O–H groups in total. The number of amides is 1. The molecular weight excluding hydrogens is 289 g/mol. The third kappa shape index (κ3) is 4.30. The molecule has 0 aliphatic carbocycles. The number of alkyl halides is 1. The summed E-state index contributed by atoms with van der Waals surface area (Å²) in [6.45, 7) is 1.82. The van der Waals surface area contributed by atoms with Crippen LogP contribution in [0.3, 0.4) is 0 Å². The van der Waals surface area contributed by atoms with Gasteiger partial charge in [0.05, 0.1) is 5.56 Å². The minimum Gasteiger partial charge on any atom is -0.348 e. The summed E-state index contributed by atoms with van der Waals surface area (Å²) in [5.41, 5.74) is 1.97. The monoisotopic (exact) mass is 305 g/mol. The minimum absolute atomic E-state index is 0.0539. The third-order valence-corrected chi connectivity index (χ3v) is 3.59. The fourth-order valence-corrected chi connectivity index (χ4v) is 2.31. The van der Waals surface area contributed by atoms with Crippen molar-refractivity contribution in [3.63, 3.8) is 0 Å². The lowest BCUT2D eigenvalue weighted by Gasteiger charge is -2.16.